The van der Waals surface area contributed by atoms with E-state index in [0.717, 1.165) is 17.0 Å². The third-order valence-electron chi connectivity index (χ3n) is 5.77. The smallest absolute Gasteiger partial charge is 0.416 e. The number of phenolic OH excluding ortho intramolecular Hbond substituents is 1. The van der Waals surface area contributed by atoms with Crippen LogP contribution in [0.2, 0.25) is 5.02 Å². The number of phenols is 1. The molecule has 0 bridgehead atoms. The number of nitrogens with zero attached hydrogens (tertiary/aromatic N) is 4. The number of hydrogen-bond acceptors (Lipinski definition) is 5. The first-order chi connectivity index (χ1) is 17.6. The molecule has 0 aromatic heterocycles. The van der Waals surface area contributed by atoms with Crippen LogP contribution < -0.4 is 5.56 Å². The maximum absolute atomic E-state index is 13.2. The lowest BCUT2D eigenvalue weighted by Crippen LogP contribution is -2.19. The summed E-state index contributed by atoms with van der Waals surface area (Å²) in [6.07, 6.45) is -2.48. The normalized spacial score (nSPS) is 11.8. The molecule has 6 nitrogen and oxygen atoms in total. The lowest BCUT2D eigenvalue weighted by atomic mass is 10.1. The van der Waals surface area contributed by atoms with Gasteiger partial charge in [0, 0.05) is 10.5 Å². The van der Waals surface area contributed by atoms with Gasteiger partial charge in [-0.1, -0.05) is 23.7 Å². The van der Waals surface area contributed by atoms with Gasteiger partial charge in [-0.15, -0.1) is 11.8 Å². The molecule has 0 atom stereocenters. The van der Waals surface area contributed by atoms with Crippen molar-refractivity contribution in [1.29, 1.82) is 0 Å². The van der Waals surface area contributed by atoms with Gasteiger partial charge in [0.05, 0.1) is 28.5 Å². The molecular weight excluding hydrogens is 525 g/mol. The molecule has 0 fully saturated rings. The third kappa shape index (κ3) is 4.94. The van der Waals surface area contributed by atoms with E-state index in [-0.39, 0.29) is 23.0 Å². The highest BCUT2D eigenvalue weighted by Crippen LogP contribution is 2.34. The zero-order chi connectivity index (χ0) is 26.3. The van der Waals surface area contributed by atoms with Gasteiger partial charge >= 0.3 is 6.18 Å². The quantitative estimate of drug-likeness (QED) is 0.262. The molecule has 0 spiro atoms. The summed E-state index contributed by atoms with van der Waals surface area (Å²) in [6.45, 7) is -0.0228. The number of aromatic hydroxyl groups is 1. The van der Waals surface area contributed by atoms with Crippen molar-refractivity contribution >= 4 is 23.4 Å². The molecule has 2 aliphatic rings. The van der Waals surface area contributed by atoms with Gasteiger partial charge in [0.1, 0.15) is 11.4 Å². The Kier molecular flexibility index (Phi) is 6.47. The summed E-state index contributed by atoms with van der Waals surface area (Å²) in [5, 5.41) is 19.1. The highest BCUT2D eigenvalue weighted by atomic mass is 35.5. The van der Waals surface area contributed by atoms with Crippen molar-refractivity contribution < 1.29 is 18.3 Å². The van der Waals surface area contributed by atoms with Gasteiger partial charge in [-0.05, 0) is 72.5 Å². The molecule has 3 aromatic carbocycles. The minimum Gasteiger partial charge on any atom is -0.508 e. The van der Waals surface area contributed by atoms with E-state index >= 15 is 0 Å². The first kappa shape index (κ1) is 24.9. The first-order valence-corrected chi connectivity index (χ1v) is 12.5. The summed E-state index contributed by atoms with van der Waals surface area (Å²) >= 11 is 8.02. The second-order valence-corrected chi connectivity index (χ2v) is 9.48. The van der Waals surface area contributed by atoms with Gasteiger partial charge in [0.2, 0.25) is 0 Å². The van der Waals surface area contributed by atoms with E-state index < -0.39 is 17.3 Å². The summed E-state index contributed by atoms with van der Waals surface area (Å²) in [6, 6.07) is 18.4. The molecule has 0 unspecified atom stereocenters. The van der Waals surface area contributed by atoms with Crippen molar-refractivity contribution in [3.8, 4) is 34.1 Å². The Bertz CT molecular complexity index is 1610. The average molecular weight is 543 g/mol. The van der Waals surface area contributed by atoms with E-state index in [0.29, 0.717) is 28.2 Å². The third-order valence-corrected chi connectivity index (χ3v) is 6.83. The van der Waals surface area contributed by atoms with Crippen LogP contribution in [0.25, 0.3) is 28.3 Å². The van der Waals surface area contributed by atoms with Gasteiger partial charge in [-0.2, -0.15) is 23.4 Å². The second kappa shape index (κ2) is 9.60. The van der Waals surface area contributed by atoms with E-state index in [1.165, 1.54) is 28.9 Å². The molecule has 0 saturated heterocycles. The van der Waals surface area contributed by atoms with Crippen LogP contribution >= 0.6 is 23.4 Å². The Balaban J connectivity index is 1.63. The van der Waals surface area contributed by atoms with E-state index in [4.69, 9.17) is 11.6 Å². The van der Waals surface area contributed by atoms with Crippen molar-refractivity contribution in [3.63, 3.8) is 0 Å². The summed E-state index contributed by atoms with van der Waals surface area (Å²) < 4.78 is 41.4. The van der Waals surface area contributed by atoms with Gasteiger partial charge in [0.25, 0.3) is 5.56 Å². The van der Waals surface area contributed by atoms with E-state index in [1.807, 2.05) is 30.5 Å². The predicted octanol–water partition coefficient (Wildman–Crippen LogP) is 6.35. The fourth-order valence-electron chi connectivity index (χ4n) is 3.89. The van der Waals surface area contributed by atoms with Crippen LogP contribution in [-0.2, 0) is 12.7 Å². The molecular formula is C26H18ClF3N4O2S. The van der Waals surface area contributed by atoms with Crippen LogP contribution in [0.1, 0.15) is 11.1 Å². The standard InChI is InChI=1S/C26H18ClF3N4O2S/c1-37-19-9-6-17(7-10-19)34-23(20-11-8-18(35)12-21(20)27)13-22-24(32-34)25(36)33(31-22)14-15-2-4-16(5-3-15)26(28,29)30/h2-13,35H,14H2,1H3. The molecule has 5 rings (SSSR count). The van der Waals surface area contributed by atoms with E-state index in [9.17, 15) is 23.1 Å². The molecule has 11 heteroatoms. The maximum atomic E-state index is 13.2. The van der Waals surface area contributed by atoms with Crippen molar-refractivity contribution in [2.75, 3.05) is 6.26 Å². The van der Waals surface area contributed by atoms with Crippen LogP contribution in [0.4, 0.5) is 13.2 Å². The number of benzene rings is 3. The number of alkyl halides is 3. The van der Waals surface area contributed by atoms with E-state index in [2.05, 4.69) is 10.2 Å². The topological polar surface area (TPSA) is 72.9 Å². The monoisotopic (exact) mass is 542 g/mol. The largest absolute Gasteiger partial charge is 0.508 e. The minimum atomic E-state index is -4.44. The summed E-state index contributed by atoms with van der Waals surface area (Å²) in [5.74, 6) is 0.00123. The van der Waals surface area contributed by atoms with E-state index in [1.54, 1.807) is 28.6 Å². The lowest BCUT2D eigenvalue weighted by Gasteiger charge is -2.15. The molecule has 0 saturated carbocycles. The van der Waals surface area contributed by atoms with Crippen LogP contribution in [0.15, 0.2) is 82.5 Å². The molecule has 0 radical (unpaired) electrons. The van der Waals surface area contributed by atoms with Gasteiger partial charge in [-0.25, -0.2) is 9.36 Å². The molecule has 2 heterocycles. The van der Waals surface area contributed by atoms with Crippen molar-refractivity contribution in [1.82, 2.24) is 19.6 Å². The molecule has 2 aliphatic heterocycles. The zero-order valence-corrected chi connectivity index (χ0v) is 20.8. The summed E-state index contributed by atoms with van der Waals surface area (Å²) in [7, 11) is 0. The molecule has 37 heavy (non-hydrogen) atoms. The van der Waals surface area contributed by atoms with Crippen LogP contribution in [0.5, 0.6) is 5.75 Å². The molecule has 188 valence electrons. The van der Waals surface area contributed by atoms with Crippen LogP contribution in [0.3, 0.4) is 0 Å². The summed E-state index contributed by atoms with van der Waals surface area (Å²) in [4.78, 5) is 14.2. The van der Waals surface area contributed by atoms with Crippen molar-refractivity contribution in [2.45, 2.75) is 17.6 Å². The first-order valence-electron chi connectivity index (χ1n) is 10.9. The van der Waals surface area contributed by atoms with Gasteiger partial charge in [-0.3, -0.25) is 4.79 Å². The maximum Gasteiger partial charge on any atom is 0.416 e. The van der Waals surface area contributed by atoms with Gasteiger partial charge in [0.15, 0.2) is 5.69 Å². The molecule has 0 aliphatic carbocycles. The highest BCUT2D eigenvalue weighted by molar-refractivity contribution is 7.98. The number of rotatable bonds is 5. The average Bonchev–Trinajstić information content (AvgIpc) is 3.17. The number of thioether (sulfide) groups is 1. The molecule has 0 amide bonds. The number of halogens is 4. The van der Waals surface area contributed by atoms with Crippen LogP contribution in [0, 0.1) is 0 Å². The van der Waals surface area contributed by atoms with Crippen molar-refractivity contribution in [2.24, 2.45) is 0 Å². The Hall–Kier alpha value is -3.76. The second-order valence-electron chi connectivity index (χ2n) is 8.19. The Morgan fingerprint density at radius 2 is 1.68 bits per heavy atom. The number of fused-ring (bicyclic) bond motifs is 1. The lowest BCUT2D eigenvalue weighted by molar-refractivity contribution is -0.137. The Morgan fingerprint density at radius 3 is 2.30 bits per heavy atom. The Labute approximate surface area is 218 Å². The van der Waals surface area contributed by atoms with Gasteiger partial charge < -0.3 is 5.11 Å². The van der Waals surface area contributed by atoms with Crippen LogP contribution in [-0.4, -0.2) is 30.9 Å². The zero-order valence-electron chi connectivity index (χ0n) is 19.2. The summed E-state index contributed by atoms with van der Waals surface area (Å²) in [5.41, 5.74) is 1.41. The number of aromatic nitrogens is 4. The SMILES string of the molecule is CSc1ccc(-n2nc3c(=O)n(Cc4ccc(C(F)(F)F)cc4)nc-3cc2-c2ccc(O)cc2Cl)cc1. The fourth-order valence-corrected chi connectivity index (χ4v) is 4.57. The fraction of sp³-hybridized carbons (Fsp3) is 0.115. The predicted molar refractivity (Wildman–Crippen MR) is 137 cm³/mol. The number of hydrogen-bond donors (Lipinski definition) is 1. The molecule has 1 N–H and O–H groups in total. The highest BCUT2D eigenvalue weighted by Gasteiger charge is 2.30. The minimum absolute atomic E-state index is 0.00123. The van der Waals surface area contributed by atoms with Crippen molar-refractivity contribution in [3.05, 3.63) is 99.3 Å². The molecule has 3 aromatic rings. The Morgan fingerprint density at radius 1 is 0.973 bits per heavy atom.